The van der Waals surface area contributed by atoms with E-state index in [1.165, 1.54) is 4.90 Å². The van der Waals surface area contributed by atoms with E-state index in [1.54, 1.807) is 25.2 Å². The van der Waals surface area contributed by atoms with Gasteiger partial charge < -0.3 is 15.3 Å². The molecule has 2 amide bonds. The number of nitrogens with zero attached hydrogens (tertiary/aromatic N) is 1. The second-order valence-electron chi connectivity index (χ2n) is 5.62. The molecule has 4 nitrogen and oxygen atoms in total. The molecule has 1 aliphatic carbocycles. The summed E-state index contributed by atoms with van der Waals surface area (Å²) in [6, 6.07) is 4.73. The number of aliphatic hydroxyl groups is 1. The van der Waals surface area contributed by atoms with Crippen LogP contribution >= 0.6 is 23.2 Å². The molecule has 0 radical (unpaired) electrons. The Hall–Kier alpha value is -0.970. The summed E-state index contributed by atoms with van der Waals surface area (Å²) in [7, 11) is 1.68. The molecule has 0 aromatic heterocycles. The lowest BCUT2D eigenvalue weighted by atomic mass is 10.1. The number of aliphatic hydroxyl groups excluding tert-OH is 1. The third-order valence-electron chi connectivity index (χ3n) is 3.74. The lowest BCUT2D eigenvalue weighted by Gasteiger charge is -2.24. The number of carbonyl (C=O) groups excluding carboxylic acids is 1. The topological polar surface area (TPSA) is 52.6 Å². The fourth-order valence-corrected chi connectivity index (χ4v) is 2.79. The molecule has 2 rings (SSSR count). The van der Waals surface area contributed by atoms with Gasteiger partial charge in [0.15, 0.2) is 0 Å². The van der Waals surface area contributed by atoms with Gasteiger partial charge in [0.05, 0.1) is 12.1 Å². The summed E-state index contributed by atoms with van der Waals surface area (Å²) in [6.07, 6.45) is 1.66. The SMILES string of the molecule is CC(NC(=O)N(C)CC(O)C1CC1)c1ccc(Cl)cc1Cl. The summed E-state index contributed by atoms with van der Waals surface area (Å²) in [5.74, 6) is 0.350. The average molecular weight is 331 g/mol. The summed E-state index contributed by atoms with van der Waals surface area (Å²) in [5.41, 5.74) is 0.811. The lowest BCUT2D eigenvalue weighted by molar-refractivity contribution is 0.113. The highest BCUT2D eigenvalue weighted by Gasteiger charge is 2.31. The van der Waals surface area contributed by atoms with Crippen LogP contribution < -0.4 is 5.32 Å². The van der Waals surface area contributed by atoms with Gasteiger partial charge in [-0.2, -0.15) is 0 Å². The Kier molecular flexibility index (Phi) is 5.36. The van der Waals surface area contributed by atoms with Crippen LogP contribution in [0.15, 0.2) is 18.2 Å². The minimum absolute atomic E-state index is 0.229. The quantitative estimate of drug-likeness (QED) is 0.868. The Balaban J connectivity index is 1.91. The van der Waals surface area contributed by atoms with Crippen molar-refractivity contribution < 1.29 is 9.90 Å². The van der Waals surface area contributed by atoms with Crippen LogP contribution in [-0.4, -0.2) is 35.7 Å². The van der Waals surface area contributed by atoms with E-state index < -0.39 is 6.10 Å². The smallest absolute Gasteiger partial charge is 0.317 e. The van der Waals surface area contributed by atoms with Crippen LogP contribution in [0.25, 0.3) is 0 Å². The van der Waals surface area contributed by atoms with Gasteiger partial charge in [-0.1, -0.05) is 29.3 Å². The molecule has 2 atom stereocenters. The number of urea groups is 1. The number of nitrogens with one attached hydrogen (secondary N) is 1. The molecule has 2 N–H and O–H groups in total. The van der Waals surface area contributed by atoms with Crippen molar-refractivity contribution in [3.63, 3.8) is 0 Å². The summed E-state index contributed by atoms with van der Waals surface area (Å²) in [4.78, 5) is 13.6. The van der Waals surface area contributed by atoms with Crippen LogP contribution in [0.4, 0.5) is 4.79 Å². The van der Waals surface area contributed by atoms with Gasteiger partial charge in [0.1, 0.15) is 0 Å². The maximum absolute atomic E-state index is 12.1. The summed E-state index contributed by atoms with van der Waals surface area (Å²) >= 11 is 12.0. The molecule has 1 fully saturated rings. The summed E-state index contributed by atoms with van der Waals surface area (Å²) < 4.78 is 0. The zero-order valence-corrected chi connectivity index (χ0v) is 13.7. The van der Waals surface area contributed by atoms with Crippen LogP contribution in [0, 0.1) is 5.92 Å². The van der Waals surface area contributed by atoms with E-state index in [0.29, 0.717) is 22.5 Å². The molecule has 0 bridgehead atoms. The minimum Gasteiger partial charge on any atom is -0.391 e. The number of rotatable bonds is 5. The summed E-state index contributed by atoms with van der Waals surface area (Å²) in [6.45, 7) is 2.20. The largest absolute Gasteiger partial charge is 0.391 e. The maximum atomic E-state index is 12.1. The molecule has 0 saturated heterocycles. The molecular weight excluding hydrogens is 311 g/mol. The Morgan fingerprint density at radius 1 is 1.48 bits per heavy atom. The third kappa shape index (κ3) is 4.50. The number of carbonyl (C=O) groups is 1. The van der Waals surface area contributed by atoms with E-state index in [-0.39, 0.29) is 12.1 Å². The lowest BCUT2D eigenvalue weighted by Crippen LogP contribution is -2.42. The van der Waals surface area contributed by atoms with Gasteiger partial charge in [0.2, 0.25) is 0 Å². The van der Waals surface area contributed by atoms with Crippen molar-refractivity contribution in [3.05, 3.63) is 33.8 Å². The van der Waals surface area contributed by atoms with Crippen LogP contribution in [0.5, 0.6) is 0 Å². The van der Waals surface area contributed by atoms with Crippen molar-refractivity contribution in [2.75, 3.05) is 13.6 Å². The zero-order chi connectivity index (χ0) is 15.6. The Labute approximate surface area is 135 Å². The Bertz CT molecular complexity index is 520. The molecule has 21 heavy (non-hydrogen) atoms. The van der Waals surface area contributed by atoms with Gasteiger partial charge in [0, 0.05) is 23.6 Å². The monoisotopic (exact) mass is 330 g/mol. The third-order valence-corrected chi connectivity index (χ3v) is 4.31. The molecule has 1 aromatic rings. The van der Waals surface area contributed by atoms with Crippen molar-refractivity contribution in [1.29, 1.82) is 0 Å². The van der Waals surface area contributed by atoms with Crippen LogP contribution in [0.3, 0.4) is 0 Å². The molecule has 0 aliphatic heterocycles. The standard InChI is InChI=1S/C15H20Cl2N2O2/c1-9(12-6-5-11(16)7-13(12)17)18-15(21)19(2)8-14(20)10-3-4-10/h5-7,9-10,14,20H,3-4,8H2,1-2H3,(H,18,21). The number of halogens is 2. The van der Waals surface area contributed by atoms with Gasteiger partial charge >= 0.3 is 6.03 Å². The number of hydrogen-bond donors (Lipinski definition) is 2. The maximum Gasteiger partial charge on any atom is 0.317 e. The van der Waals surface area contributed by atoms with Gasteiger partial charge in [0.25, 0.3) is 0 Å². The molecule has 0 heterocycles. The molecule has 1 aromatic carbocycles. The van der Waals surface area contributed by atoms with Crippen molar-refractivity contribution in [3.8, 4) is 0 Å². The van der Waals surface area contributed by atoms with Gasteiger partial charge in [-0.05, 0) is 43.4 Å². The molecule has 6 heteroatoms. The molecule has 1 saturated carbocycles. The number of benzene rings is 1. The van der Waals surface area contributed by atoms with Crippen molar-refractivity contribution >= 4 is 29.2 Å². The average Bonchev–Trinajstić information content (AvgIpc) is 3.22. The van der Waals surface area contributed by atoms with E-state index in [9.17, 15) is 9.90 Å². The second-order valence-corrected chi connectivity index (χ2v) is 6.47. The highest BCUT2D eigenvalue weighted by molar-refractivity contribution is 6.35. The van der Waals surface area contributed by atoms with Crippen molar-refractivity contribution in [2.45, 2.75) is 31.9 Å². The molecule has 116 valence electrons. The number of hydrogen-bond acceptors (Lipinski definition) is 2. The van der Waals surface area contributed by atoms with Gasteiger partial charge in [-0.25, -0.2) is 4.79 Å². The van der Waals surface area contributed by atoms with E-state index in [4.69, 9.17) is 23.2 Å². The van der Waals surface area contributed by atoms with E-state index >= 15 is 0 Å². The molecule has 2 unspecified atom stereocenters. The van der Waals surface area contributed by atoms with Crippen LogP contribution in [0.1, 0.15) is 31.4 Å². The first kappa shape index (κ1) is 16.4. The fraction of sp³-hybridized carbons (Fsp3) is 0.533. The Morgan fingerprint density at radius 3 is 2.71 bits per heavy atom. The van der Waals surface area contributed by atoms with E-state index in [1.807, 2.05) is 6.92 Å². The highest BCUT2D eigenvalue weighted by Crippen LogP contribution is 2.32. The van der Waals surface area contributed by atoms with Gasteiger partial charge in [-0.15, -0.1) is 0 Å². The van der Waals surface area contributed by atoms with E-state index in [2.05, 4.69) is 5.32 Å². The number of likely N-dealkylation sites (N-methyl/N-ethyl adjacent to an activating group) is 1. The first-order chi connectivity index (χ1) is 9.88. The number of amides is 2. The van der Waals surface area contributed by atoms with E-state index in [0.717, 1.165) is 18.4 Å². The van der Waals surface area contributed by atoms with Gasteiger partial charge in [-0.3, -0.25) is 0 Å². The van der Waals surface area contributed by atoms with Crippen molar-refractivity contribution in [1.82, 2.24) is 10.2 Å². The second kappa shape index (κ2) is 6.86. The van der Waals surface area contributed by atoms with Crippen LogP contribution in [-0.2, 0) is 0 Å². The summed E-state index contributed by atoms with van der Waals surface area (Å²) in [5, 5.41) is 13.8. The Morgan fingerprint density at radius 2 is 2.14 bits per heavy atom. The first-order valence-electron chi connectivity index (χ1n) is 7.03. The van der Waals surface area contributed by atoms with Crippen molar-refractivity contribution in [2.24, 2.45) is 5.92 Å². The normalized spacial score (nSPS) is 17.2. The predicted octanol–water partition coefficient (Wildman–Crippen LogP) is 3.47. The predicted molar refractivity (Wildman–Crippen MR) is 84.8 cm³/mol. The molecule has 1 aliphatic rings. The molecule has 0 spiro atoms. The molecular formula is C15H20Cl2N2O2. The highest BCUT2D eigenvalue weighted by atomic mass is 35.5. The van der Waals surface area contributed by atoms with Crippen LogP contribution in [0.2, 0.25) is 10.0 Å². The zero-order valence-electron chi connectivity index (χ0n) is 12.1. The minimum atomic E-state index is -0.435. The first-order valence-corrected chi connectivity index (χ1v) is 7.78. The fourth-order valence-electron chi connectivity index (χ4n) is 2.22.